The number of carbonyl (C=O) groups is 2. The van der Waals surface area contributed by atoms with Gasteiger partial charge >= 0.3 is 5.97 Å². The highest BCUT2D eigenvalue weighted by Crippen LogP contribution is 2.73. The molecule has 0 radical (unpaired) electrons. The summed E-state index contributed by atoms with van der Waals surface area (Å²) in [5, 5.41) is 12.7. The first-order chi connectivity index (χ1) is 22.6. The minimum atomic E-state index is -2.55. The first-order valence-electron chi connectivity index (χ1n) is 18.7. The number of piperidine rings is 1. The van der Waals surface area contributed by atoms with Gasteiger partial charge in [0.25, 0.3) is 5.92 Å². The first kappa shape index (κ1) is 34.1. The van der Waals surface area contributed by atoms with Crippen molar-refractivity contribution < 1.29 is 27.9 Å². The second kappa shape index (κ2) is 11.9. The molecule has 1 aromatic rings. The molecule has 4 saturated carbocycles. The Morgan fingerprint density at radius 1 is 0.896 bits per heavy atom. The minimum Gasteiger partial charge on any atom is -0.478 e. The summed E-state index contributed by atoms with van der Waals surface area (Å²) in [6, 6.07) is 4.60. The van der Waals surface area contributed by atoms with Crippen molar-refractivity contribution in [3.63, 3.8) is 0 Å². The molecule has 8 heteroatoms. The Morgan fingerprint density at radius 3 is 2.35 bits per heavy atom. The van der Waals surface area contributed by atoms with Crippen molar-refractivity contribution in [3.8, 4) is 0 Å². The van der Waals surface area contributed by atoms with Crippen LogP contribution in [0.2, 0.25) is 0 Å². The average Bonchev–Trinajstić information content (AvgIpc) is 3.47. The van der Waals surface area contributed by atoms with Crippen molar-refractivity contribution in [3.05, 3.63) is 41.2 Å². The van der Waals surface area contributed by atoms with Crippen LogP contribution in [0.15, 0.2) is 24.3 Å². The van der Waals surface area contributed by atoms with E-state index in [-0.39, 0.29) is 46.0 Å². The van der Waals surface area contributed by atoms with Crippen LogP contribution in [0.1, 0.15) is 121 Å². The number of hydrogen-bond acceptors (Lipinski definition) is 3. The number of aromatic carboxylic acids is 1. The topological polar surface area (TPSA) is 69.6 Å². The van der Waals surface area contributed by atoms with Crippen molar-refractivity contribution in [2.24, 2.45) is 51.2 Å². The second-order valence-electron chi connectivity index (χ2n) is 17.7. The maximum absolute atomic E-state index is 14.8. The van der Waals surface area contributed by atoms with E-state index in [1.807, 2.05) is 0 Å². The number of likely N-dealkylation sites (tertiary alicyclic amines) is 1. The monoisotopic (exact) mass is 668 g/mol. The predicted octanol–water partition coefficient (Wildman–Crippen LogP) is 8.83. The number of rotatable bonds is 6. The molecule has 0 spiro atoms. The average molecular weight is 669 g/mol. The first-order valence-corrected chi connectivity index (χ1v) is 18.7. The van der Waals surface area contributed by atoms with Gasteiger partial charge in [0.15, 0.2) is 0 Å². The van der Waals surface area contributed by atoms with Gasteiger partial charge in [0.1, 0.15) is 5.82 Å². The lowest BCUT2D eigenvalue weighted by Crippen LogP contribution is -2.62. The Balaban J connectivity index is 1.07. The number of carbonyl (C=O) groups excluding carboxylic acids is 1. The molecule has 1 heterocycles. The predicted molar refractivity (Wildman–Crippen MR) is 181 cm³/mol. The van der Waals surface area contributed by atoms with E-state index < -0.39 is 17.7 Å². The third-order valence-corrected chi connectivity index (χ3v) is 15.4. The number of benzene rings is 1. The second-order valence-corrected chi connectivity index (χ2v) is 17.7. The van der Waals surface area contributed by atoms with Gasteiger partial charge in [-0.1, -0.05) is 46.3 Å². The Kier molecular flexibility index (Phi) is 8.44. The van der Waals surface area contributed by atoms with Crippen molar-refractivity contribution >= 4 is 17.4 Å². The van der Waals surface area contributed by atoms with Gasteiger partial charge in [-0.05, 0) is 127 Å². The lowest BCUT2D eigenvalue weighted by atomic mass is 9.36. The Hall–Kier alpha value is -2.35. The van der Waals surface area contributed by atoms with Crippen molar-refractivity contribution in [1.82, 2.24) is 10.2 Å². The van der Waals surface area contributed by atoms with E-state index in [2.05, 4.69) is 44.0 Å². The van der Waals surface area contributed by atoms with Crippen LogP contribution in [-0.2, 0) is 4.79 Å². The van der Waals surface area contributed by atoms with Crippen LogP contribution in [0.3, 0.4) is 0 Å². The molecule has 48 heavy (non-hydrogen) atoms. The standard InChI is InChI=1S/C40H55F3N2O3/c1-36(2)28(25-7-8-27(34(46)47)31(41)24-25)11-15-38(4)32(36)13-16-37(3)29-12-17-39(14-5-6-30(39)26(29)9-10-33(37)38)35(48)44-20-23-45-21-18-40(42,43)19-22-45/h7-8,11,24,26,29-30,32-33H,5-6,9-10,12-23H2,1-4H3,(H,44,48)(H,46,47)/t26-,29?,30?,32?,33?,37-,38-,39-/m0/s1. The van der Waals surface area contributed by atoms with E-state index in [9.17, 15) is 27.9 Å². The molecule has 7 rings (SSSR count). The highest BCUT2D eigenvalue weighted by molar-refractivity contribution is 5.88. The molecule has 0 aromatic heterocycles. The highest BCUT2D eigenvalue weighted by atomic mass is 19.3. The zero-order valence-corrected chi connectivity index (χ0v) is 29.4. The van der Waals surface area contributed by atoms with E-state index in [0.717, 1.165) is 56.1 Å². The number of hydrogen-bond donors (Lipinski definition) is 2. The number of carboxylic acids is 1. The van der Waals surface area contributed by atoms with Gasteiger partial charge in [0.05, 0.1) is 11.0 Å². The van der Waals surface area contributed by atoms with Crippen LogP contribution in [0.4, 0.5) is 13.2 Å². The molecule has 264 valence electrons. The summed E-state index contributed by atoms with van der Waals surface area (Å²) < 4.78 is 42.1. The molecule has 0 bridgehead atoms. The summed E-state index contributed by atoms with van der Waals surface area (Å²) in [6.45, 7) is 11.7. The zero-order valence-electron chi connectivity index (χ0n) is 29.4. The molecule has 5 fully saturated rings. The van der Waals surface area contributed by atoms with Gasteiger partial charge in [0, 0.05) is 39.0 Å². The lowest BCUT2D eigenvalue weighted by molar-refractivity contribution is -0.181. The number of allylic oxidation sites excluding steroid dienone is 2. The zero-order chi connectivity index (χ0) is 34.3. The van der Waals surface area contributed by atoms with Gasteiger partial charge in [-0.15, -0.1) is 0 Å². The highest BCUT2D eigenvalue weighted by Gasteiger charge is 2.66. The summed E-state index contributed by atoms with van der Waals surface area (Å²) in [7, 11) is 0. The Bertz CT molecular complexity index is 1480. The molecule has 6 aliphatic rings. The summed E-state index contributed by atoms with van der Waals surface area (Å²) in [5.41, 5.74) is 1.51. The smallest absolute Gasteiger partial charge is 0.338 e. The van der Waals surface area contributed by atoms with Gasteiger partial charge in [-0.2, -0.15) is 0 Å². The van der Waals surface area contributed by atoms with Crippen LogP contribution < -0.4 is 5.32 Å². The van der Waals surface area contributed by atoms with Crippen LogP contribution in [0.25, 0.3) is 5.57 Å². The van der Waals surface area contributed by atoms with Gasteiger partial charge in [-0.3, -0.25) is 4.79 Å². The summed E-state index contributed by atoms with van der Waals surface area (Å²) in [4.78, 5) is 27.5. The number of nitrogens with zero attached hydrogens (tertiary/aromatic N) is 1. The molecule has 5 nitrogen and oxygen atoms in total. The van der Waals surface area contributed by atoms with Gasteiger partial charge in [-0.25, -0.2) is 18.0 Å². The van der Waals surface area contributed by atoms with E-state index >= 15 is 0 Å². The maximum Gasteiger partial charge on any atom is 0.338 e. The largest absolute Gasteiger partial charge is 0.478 e. The Morgan fingerprint density at radius 2 is 1.65 bits per heavy atom. The number of carboxylic acid groups (broad SMARTS) is 1. The quantitative estimate of drug-likeness (QED) is 0.318. The summed E-state index contributed by atoms with van der Waals surface area (Å²) in [6.07, 6.45) is 13.0. The van der Waals surface area contributed by atoms with E-state index in [1.54, 1.807) is 6.07 Å². The number of fused-ring (bicyclic) bond motifs is 7. The Labute approximate surface area is 284 Å². The fourth-order valence-corrected chi connectivity index (χ4v) is 13.2. The lowest BCUT2D eigenvalue weighted by Gasteiger charge is -2.68. The van der Waals surface area contributed by atoms with Crippen LogP contribution >= 0.6 is 0 Å². The number of alkyl halides is 2. The number of amides is 1. The fourth-order valence-electron chi connectivity index (χ4n) is 13.2. The summed E-state index contributed by atoms with van der Waals surface area (Å²) in [5.74, 6) is -1.64. The van der Waals surface area contributed by atoms with Gasteiger partial charge < -0.3 is 15.3 Å². The third kappa shape index (κ3) is 5.28. The van der Waals surface area contributed by atoms with Crippen molar-refractivity contribution in [1.29, 1.82) is 0 Å². The molecule has 1 amide bonds. The SMILES string of the molecule is CC1(C)C(c2ccc(C(=O)O)c(F)c2)=CC[C@@]2(C)C1CC[C@@]1(C)C3CC[C@@]4(C(=O)NCCN5CCC(F)(F)CC5)CCCC4[C@H]3CCC12. The van der Waals surface area contributed by atoms with E-state index in [0.29, 0.717) is 55.8 Å². The third-order valence-electron chi connectivity index (χ3n) is 15.4. The molecule has 2 N–H and O–H groups in total. The normalized spacial score (nSPS) is 40.1. The van der Waals surface area contributed by atoms with Gasteiger partial charge in [0.2, 0.25) is 5.91 Å². The minimum absolute atomic E-state index is 0.0904. The molecular formula is C40H55F3N2O3. The molecule has 1 saturated heterocycles. The molecule has 5 aliphatic carbocycles. The van der Waals surface area contributed by atoms with Crippen molar-refractivity contribution in [2.45, 2.75) is 111 Å². The molecule has 4 unspecified atom stereocenters. The van der Waals surface area contributed by atoms with Crippen LogP contribution in [-0.4, -0.2) is 54.0 Å². The molecule has 8 atom stereocenters. The van der Waals surface area contributed by atoms with E-state index in [4.69, 9.17) is 0 Å². The summed E-state index contributed by atoms with van der Waals surface area (Å²) >= 11 is 0. The van der Waals surface area contributed by atoms with Crippen LogP contribution in [0.5, 0.6) is 0 Å². The van der Waals surface area contributed by atoms with E-state index in [1.165, 1.54) is 31.4 Å². The molecular weight excluding hydrogens is 613 g/mol. The van der Waals surface area contributed by atoms with Crippen molar-refractivity contribution in [2.75, 3.05) is 26.2 Å². The molecule has 1 aliphatic heterocycles. The van der Waals surface area contributed by atoms with Crippen LogP contribution in [0, 0.1) is 57.1 Å². The number of nitrogens with one attached hydrogen (secondary N) is 1. The fraction of sp³-hybridized carbons (Fsp3) is 0.750. The number of halogens is 3. The molecule has 1 aromatic carbocycles. The maximum atomic E-state index is 14.8.